The minimum atomic E-state index is 0.643. The molecule has 0 unspecified atom stereocenters. The fourth-order valence-corrected chi connectivity index (χ4v) is 3.50. The van der Waals surface area contributed by atoms with E-state index in [2.05, 4.69) is 46.4 Å². The second kappa shape index (κ2) is 7.40. The van der Waals surface area contributed by atoms with Gasteiger partial charge in [0.1, 0.15) is 0 Å². The van der Waals surface area contributed by atoms with E-state index in [0.29, 0.717) is 11.6 Å². The van der Waals surface area contributed by atoms with Gasteiger partial charge in [-0.1, -0.05) is 66.7 Å². The zero-order chi connectivity index (χ0) is 20.5. The van der Waals surface area contributed by atoms with Crippen LogP contribution in [0, 0.1) is 13.8 Å². The van der Waals surface area contributed by atoms with E-state index in [1.165, 1.54) is 0 Å². The monoisotopic (exact) mass is 392 g/mol. The Hall–Kier alpha value is -4.06. The fourth-order valence-electron chi connectivity index (χ4n) is 3.50. The van der Waals surface area contributed by atoms with Crippen molar-refractivity contribution in [2.45, 2.75) is 13.8 Å². The van der Waals surface area contributed by atoms with Crippen molar-refractivity contribution in [2.75, 3.05) is 0 Å². The Bertz CT molecular complexity index is 1230. The first-order valence-corrected chi connectivity index (χ1v) is 9.76. The average Bonchev–Trinajstić information content (AvgIpc) is 3.45. The number of hydrogen-bond acceptors (Lipinski definition) is 4. The van der Waals surface area contributed by atoms with Gasteiger partial charge in [0.05, 0.1) is 0 Å². The number of H-pyrrole nitrogens is 2. The summed E-state index contributed by atoms with van der Waals surface area (Å²) < 4.78 is 0. The summed E-state index contributed by atoms with van der Waals surface area (Å²) in [6.45, 7) is 4.13. The minimum absolute atomic E-state index is 0.643. The quantitative estimate of drug-likeness (QED) is 0.440. The van der Waals surface area contributed by atoms with Gasteiger partial charge in [-0.25, -0.2) is 9.97 Å². The molecular weight excluding hydrogens is 372 g/mol. The number of aryl methyl sites for hydroxylation is 2. The van der Waals surface area contributed by atoms with Crippen LogP contribution >= 0.6 is 0 Å². The van der Waals surface area contributed by atoms with Gasteiger partial charge in [-0.3, -0.25) is 10.2 Å². The first-order chi connectivity index (χ1) is 14.7. The van der Waals surface area contributed by atoms with E-state index in [4.69, 9.17) is 9.97 Å². The van der Waals surface area contributed by atoms with Crippen LogP contribution in [0.5, 0.6) is 0 Å². The maximum Gasteiger partial charge on any atom is 0.181 e. The summed E-state index contributed by atoms with van der Waals surface area (Å²) in [6.07, 6.45) is 0. The van der Waals surface area contributed by atoms with E-state index in [9.17, 15) is 0 Å². The number of aromatic nitrogens is 6. The van der Waals surface area contributed by atoms with Gasteiger partial charge in [-0.05, 0) is 31.0 Å². The van der Waals surface area contributed by atoms with Crippen molar-refractivity contribution in [3.05, 3.63) is 83.9 Å². The number of aromatic amines is 2. The van der Waals surface area contributed by atoms with Crippen molar-refractivity contribution in [3.63, 3.8) is 0 Å². The third kappa shape index (κ3) is 3.28. The van der Waals surface area contributed by atoms with Gasteiger partial charge in [-0.15, -0.1) is 0 Å². The Balaban J connectivity index is 1.47. The summed E-state index contributed by atoms with van der Waals surface area (Å²) in [6, 6.07) is 24.2. The van der Waals surface area contributed by atoms with Crippen LogP contribution in [0.1, 0.15) is 11.1 Å². The van der Waals surface area contributed by atoms with Gasteiger partial charge in [0.15, 0.2) is 23.3 Å². The van der Waals surface area contributed by atoms with Gasteiger partial charge in [0.2, 0.25) is 0 Å². The van der Waals surface area contributed by atoms with E-state index in [-0.39, 0.29) is 0 Å². The lowest BCUT2D eigenvalue weighted by molar-refractivity contribution is 1.09. The molecule has 2 aromatic heterocycles. The molecule has 0 atom stereocenters. The van der Waals surface area contributed by atoms with Crippen LogP contribution in [0.4, 0.5) is 0 Å². The van der Waals surface area contributed by atoms with Crippen molar-refractivity contribution in [1.29, 1.82) is 0 Å². The minimum Gasteiger partial charge on any atom is -0.259 e. The predicted molar refractivity (Wildman–Crippen MR) is 118 cm³/mol. The zero-order valence-corrected chi connectivity index (χ0v) is 16.7. The Kier molecular flexibility index (Phi) is 4.44. The van der Waals surface area contributed by atoms with Crippen LogP contribution < -0.4 is 0 Å². The molecule has 3 aromatic carbocycles. The molecule has 0 bridgehead atoms. The van der Waals surface area contributed by atoms with E-state index in [1.54, 1.807) is 0 Å². The van der Waals surface area contributed by atoms with Gasteiger partial charge in [0.25, 0.3) is 0 Å². The molecule has 0 saturated carbocycles. The largest absolute Gasteiger partial charge is 0.259 e. The highest BCUT2D eigenvalue weighted by Crippen LogP contribution is 2.27. The summed E-state index contributed by atoms with van der Waals surface area (Å²) in [5.74, 6) is 2.80. The number of benzene rings is 3. The summed E-state index contributed by atoms with van der Waals surface area (Å²) in [5.41, 5.74) is 6.21. The van der Waals surface area contributed by atoms with Gasteiger partial charge < -0.3 is 0 Å². The van der Waals surface area contributed by atoms with Crippen molar-refractivity contribution in [1.82, 2.24) is 30.4 Å². The topological polar surface area (TPSA) is 83.1 Å². The molecule has 0 saturated heterocycles. The molecule has 2 heterocycles. The summed E-state index contributed by atoms with van der Waals surface area (Å²) in [7, 11) is 0. The highest BCUT2D eigenvalue weighted by atomic mass is 15.2. The summed E-state index contributed by atoms with van der Waals surface area (Å²) in [4.78, 5) is 9.39. The second-order valence-electron chi connectivity index (χ2n) is 7.23. The molecule has 0 amide bonds. The number of nitrogens with zero attached hydrogens (tertiary/aromatic N) is 4. The Morgan fingerprint density at radius 1 is 0.567 bits per heavy atom. The molecule has 6 nitrogen and oxygen atoms in total. The number of nitrogens with one attached hydrogen (secondary N) is 2. The molecule has 0 spiro atoms. The van der Waals surface area contributed by atoms with Crippen LogP contribution in [-0.4, -0.2) is 30.4 Å². The Morgan fingerprint density at radius 2 is 1.03 bits per heavy atom. The maximum absolute atomic E-state index is 4.70. The molecule has 0 radical (unpaired) electrons. The van der Waals surface area contributed by atoms with Crippen LogP contribution in [-0.2, 0) is 0 Å². The normalized spacial score (nSPS) is 11.0. The van der Waals surface area contributed by atoms with E-state index in [0.717, 1.165) is 45.0 Å². The lowest BCUT2D eigenvalue weighted by atomic mass is 10.1. The first kappa shape index (κ1) is 18.0. The molecule has 5 rings (SSSR count). The van der Waals surface area contributed by atoms with Crippen molar-refractivity contribution < 1.29 is 0 Å². The van der Waals surface area contributed by atoms with E-state index < -0.39 is 0 Å². The smallest absolute Gasteiger partial charge is 0.181 e. The van der Waals surface area contributed by atoms with Crippen LogP contribution in [0.3, 0.4) is 0 Å². The molecule has 2 N–H and O–H groups in total. The molecule has 0 aliphatic heterocycles. The third-order valence-corrected chi connectivity index (χ3v) is 5.15. The fraction of sp³-hybridized carbons (Fsp3) is 0.0833. The molecule has 30 heavy (non-hydrogen) atoms. The van der Waals surface area contributed by atoms with Crippen molar-refractivity contribution >= 4 is 0 Å². The summed E-state index contributed by atoms with van der Waals surface area (Å²) in [5, 5.41) is 14.9. The number of rotatable bonds is 4. The standard InChI is InChI=1S/C24H20N6/c1-15-8-3-5-12-19(15)23-25-21(27-29-23)17-10-7-11-18(14-17)22-26-24(30-28-22)20-13-6-4-9-16(20)2/h3-14H,1-2H3,(H,25,27,29)(H,26,28,30). The van der Waals surface area contributed by atoms with Crippen molar-refractivity contribution in [2.24, 2.45) is 0 Å². The van der Waals surface area contributed by atoms with Crippen molar-refractivity contribution in [3.8, 4) is 45.6 Å². The number of hydrogen-bond donors (Lipinski definition) is 2. The molecule has 0 fully saturated rings. The molecule has 5 aromatic rings. The SMILES string of the molecule is Cc1ccccc1-c1nc(-c2cccc(-c3n[nH]c(-c4ccccc4C)n3)c2)n[nH]1. The first-order valence-electron chi connectivity index (χ1n) is 9.76. The summed E-state index contributed by atoms with van der Waals surface area (Å²) >= 11 is 0. The van der Waals surface area contributed by atoms with Crippen LogP contribution in [0.2, 0.25) is 0 Å². The second-order valence-corrected chi connectivity index (χ2v) is 7.23. The van der Waals surface area contributed by atoms with Gasteiger partial charge in [0, 0.05) is 22.3 Å². The van der Waals surface area contributed by atoms with E-state index in [1.807, 2.05) is 60.7 Å². The Labute approximate surface area is 174 Å². The molecule has 0 aliphatic carbocycles. The van der Waals surface area contributed by atoms with Gasteiger partial charge in [-0.2, -0.15) is 10.2 Å². The average molecular weight is 392 g/mol. The van der Waals surface area contributed by atoms with Crippen LogP contribution in [0.15, 0.2) is 72.8 Å². The molecule has 6 heteroatoms. The maximum atomic E-state index is 4.70. The Morgan fingerprint density at radius 3 is 1.50 bits per heavy atom. The molecular formula is C24H20N6. The third-order valence-electron chi connectivity index (χ3n) is 5.15. The van der Waals surface area contributed by atoms with Gasteiger partial charge >= 0.3 is 0 Å². The van der Waals surface area contributed by atoms with E-state index >= 15 is 0 Å². The van der Waals surface area contributed by atoms with Crippen LogP contribution in [0.25, 0.3) is 45.6 Å². The predicted octanol–water partition coefficient (Wildman–Crippen LogP) is 5.21. The lowest BCUT2D eigenvalue weighted by Crippen LogP contribution is -1.86. The highest BCUT2D eigenvalue weighted by Gasteiger charge is 2.13. The lowest BCUT2D eigenvalue weighted by Gasteiger charge is -2.01. The highest BCUT2D eigenvalue weighted by molar-refractivity contribution is 5.69. The zero-order valence-electron chi connectivity index (χ0n) is 16.7. The molecule has 0 aliphatic rings. The molecule has 146 valence electrons.